The lowest BCUT2D eigenvalue weighted by molar-refractivity contribution is 0.654. The van der Waals surface area contributed by atoms with Gasteiger partial charge in [0.1, 0.15) is 0 Å². The van der Waals surface area contributed by atoms with Crippen LogP contribution in [0.2, 0.25) is 0 Å². The minimum atomic E-state index is 0.678. The maximum absolute atomic E-state index is 8.42. The summed E-state index contributed by atoms with van der Waals surface area (Å²) in [6.45, 7) is 4.49. The Morgan fingerprint density at radius 3 is 2.71 bits per heavy atom. The third-order valence-corrected chi connectivity index (χ3v) is 3.21. The van der Waals surface area contributed by atoms with Gasteiger partial charge in [-0.3, -0.25) is 0 Å². The molecule has 0 spiro atoms. The van der Waals surface area contributed by atoms with Crippen LogP contribution in [0.15, 0.2) is 12.1 Å². The minimum Gasteiger partial charge on any atom is -0.198 e. The standard InChI is InChI=1S/C12H17NS/c1-10(2)9-12-7-6-11(14-12)5-3-4-8-13/h6-7,10H,3-5,9H2,1-2H3. The van der Waals surface area contributed by atoms with Crippen molar-refractivity contribution in [1.82, 2.24) is 0 Å². The van der Waals surface area contributed by atoms with Gasteiger partial charge in [-0.1, -0.05) is 13.8 Å². The van der Waals surface area contributed by atoms with Gasteiger partial charge in [0.25, 0.3) is 0 Å². The van der Waals surface area contributed by atoms with Gasteiger partial charge in [-0.15, -0.1) is 11.3 Å². The van der Waals surface area contributed by atoms with E-state index in [1.807, 2.05) is 11.3 Å². The highest BCUT2D eigenvalue weighted by atomic mass is 32.1. The van der Waals surface area contributed by atoms with E-state index in [1.165, 1.54) is 16.2 Å². The van der Waals surface area contributed by atoms with Crippen LogP contribution in [-0.4, -0.2) is 0 Å². The summed E-state index contributed by atoms with van der Waals surface area (Å²) < 4.78 is 0. The van der Waals surface area contributed by atoms with E-state index in [4.69, 9.17) is 5.26 Å². The van der Waals surface area contributed by atoms with Crippen LogP contribution in [0.3, 0.4) is 0 Å². The van der Waals surface area contributed by atoms with Crippen LogP contribution in [0.25, 0.3) is 0 Å². The van der Waals surface area contributed by atoms with E-state index in [9.17, 15) is 0 Å². The molecule has 14 heavy (non-hydrogen) atoms. The Bertz CT molecular complexity index is 306. The molecule has 0 radical (unpaired) electrons. The van der Waals surface area contributed by atoms with Gasteiger partial charge in [0, 0.05) is 16.2 Å². The first-order chi connectivity index (χ1) is 6.72. The second-order valence-electron chi connectivity index (χ2n) is 3.98. The zero-order valence-corrected chi connectivity index (χ0v) is 9.73. The molecule has 1 aromatic heterocycles. The van der Waals surface area contributed by atoms with Crippen molar-refractivity contribution in [1.29, 1.82) is 5.26 Å². The Labute approximate surface area is 90.4 Å². The average Bonchev–Trinajstić information content (AvgIpc) is 2.52. The van der Waals surface area contributed by atoms with Crippen molar-refractivity contribution in [3.63, 3.8) is 0 Å². The first-order valence-electron chi connectivity index (χ1n) is 5.17. The molecule has 1 nitrogen and oxygen atoms in total. The fraction of sp³-hybridized carbons (Fsp3) is 0.583. The smallest absolute Gasteiger partial charge is 0.0621 e. The van der Waals surface area contributed by atoms with Gasteiger partial charge in [0.15, 0.2) is 0 Å². The molecule has 76 valence electrons. The Kier molecular flexibility index (Phi) is 4.69. The van der Waals surface area contributed by atoms with Gasteiger partial charge in [-0.2, -0.15) is 5.26 Å². The molecule has 0 N–H and O–H groups in total. The Balaban J connectivity index is 2.39. The van der Waals surface area contributed by atoms with Gasteiger partial charge >= 0.3 is 0 Å². The average molecular weight is 207 g/mol. The lowest BCUT2D eigenvalue weighted by Crippen LogP contribution is -1.89. The molecule has 1 rings (SSSR count). The Morgan fingerprint density at radius 1 is 1.36 bits per heavy atom. The molecule has 0 saturated heterocycles. The van der Waals surface area contributed by atoms with Crippen molar-refractivity contribution in [2.45, 2.75) is 39.5 Å². The maximum Gasteiger partial charge on any atom is 0.0621 e. The minimum absolute atomic E-state index is 0.678. The van der Waals surface area contributed by atoms with Crippen molar-refractivity contribution in [2.75, 3.05) is 0 Å². The van der Waals surface area contributed by atoms with Crippen molar-refractivity contribution in [2.24, 2.45) is 5.92 Å². The van der Waals surface area contributed by atoms with E-state index in [0.717, 1.165) is 18.8 Å². The summed E-state index contributed by atoms with van der Waals surface area (Å²) in [7, 11) is 0. The molecular formula is C12H17NS. The molecule has 2 heteroatoms. The molecule has 0 aliphatic heterocycles. The molecule has 1 heterocycles. The molecule has 0 saturated carbocycles. The zero-order valence-electron chi connectivity index (χ0n) is 8.92. The monoisotopic (exact) mass is 207 g/mol. The number of rotatable bonds is 5. The van der Waals surface area contributed by atoms with Crippen LogP contribution in [0, 0.1) is 17.2 Å². The third kappa shape index (κ3) is 3.93. The van der Waals surface area contributed by atoms with E-state index in [1.54, 1.807) is 0 Å². The molecule has 0 aromatic carbocycles. The van der Waals surface area contributed by atoms with E-state index in [0.29, 0.717) is 6.42 Å². The van der Waals surface area contributed by atoms with Gasteiger partial charge < -0.3 is 0 Å². The fourth-order valence-corrected chi connectivity index (χ4v) is 2.68. The van der Waals surface area contributed by atoms with E-state index < -0.39 is 0 Å². The molecule has 0 aliphatic carbocycles. The third-order valence-electron chi connectivity index (χ3n) is 2.04. The van der Waals surface area contributed by atoms with Crippen LogP contribution >= 0.6 is 11.3 Å². The maximum atomic E-state index is 8.42. The molecule has 0 aliphatic rings. The second kappa shape index (κ2) is 5.82. The second-order valence-corrected chi connectivity index (χ2v) is 5.23. The molecule has 0 unspecified atom stereocenters. The number of unbranched alkanes of at least 4 members (excludes halogenated alkanes) is 1. The first-order valence-corrected chi connectivity index (χ1v) is 5.98. The Hall–Kier alpha value is -0.810. The summed E-state index contributed by atoms with van der Waals surface area (Å²) in [6.07, 6.45) is 3.93. The first kappa shape index (κ1) is 11.3. The summed E-state index contributed by atoms with van der Waals surface area (Å²) >= 11 is 1.90. The summed E-state index contributed by atoms with van der Waals surface area (Å²) in [5.41, 5.74) is 0. The fourth-order valence-electron chi connectivity index (χ4n) is 1.41. The van der Waals surface area contributed by atoms with E-state index in [-0.39, 0.29) is 0 Å². The molecule has 0 amide bonds. The lowest BCUT2D eigenvalue weighted by atomic mass is 10.1. The number of nitriles is 1. The molecular weight excluding hydrogens is 190 g/mol. The SMILES string of the molecule is CC(C)Cc1ccc(CCCC#N)s1. The predicted molar refractivity (Wildman–Crippen MR) is 61.4 cm³/mol. The quantitative estimate of drug-likeness (QED) is 0.674. The zero-order chi connectivity index (χ0) is 10.4. The van der Waals surface area contributed by atoms with E-state index >= 15 is 0 Å². The number of thiophene rings is 1. The Morgan fingerprint density at radius 2 is 2.07 bits per heavy atom. The molecule has 1 aromatic rings. The normalized spacial score (nSPS) is 10.4. The summed E-state index contributed by atoms with van der Waals surface area (Å²) in [5.74, 6) is 0.737. The summed E-state index contributed by atoms with van der Waals surface area (Å²) in [6, 6.07) is 6.62. The number of hydrogen-bond acceptors (Lipinski definition) is 2. The van der Waals surface area contributed by atoms with Crippen LogP contribution in [-0.2, 0) is 12.8 Å². The van der Waals surface area contributed by atoms with E-state index in [2.05, 4.69) is 32.0 Å². The van der Waals surface area contributed by atoms with Crippen LogP contribution in [0.4, 0.5) is 0 Å². The van der Waals surface area contributed by atoms with Gasteiger partial charge in [-0.05, 0) is 37.3 Å². The number of nitrogens with zero attached hydrogens (tertiary/aromatic N) is 1. The highest BCUT2D eigenvalue weighted by molar-refractivity contribution is 7.11. The van der Waals surface area contributed by atoms with Crippen molar-refractivity contribution < 1.29 is 0 Å². The van der Waals surface area contributed by atoms with Gasteiger partial charge in [0.05, 0.1) is 6.07 Å². The van der Waals surface area contributed by atoms with Gasteiger partial charge in [0.2, 0.25) is 0 Å². The number of aryl methyl sites for hydroxylation is 1. The van der Waals surface area contributed by atoms with Crippen LogP contribution < -0.4 is 0 Å². The van der Waals surface area contributed by atoms with Crippen LogP contribution in [0.1, 0.15) is 36.4 Å². The predicted octanol–water partition coefficient (Wildman–Crippen LogP) is 3.79. The summed E-state index contributed by atoms with van der Waals surface area (Å²) in [4.78, 5) is 2.91. The van der Waals surface area contributed by atoms with Crippen molar-refractivity contribution >= 4 is 11.3 Å². The van der Waals surface area contributed by atoms with Crippen LogP contribution in [0.5, 0.6) is 0 Å². The molecule has 0 atom stereocenters. The summed E-state index contributed by atoms with van der Waals surface area (Å²) in [5, 5.41) is 8.42. The highest BCUT2D eigenvalue weighted by Gasteiger charge is 2.02. The number of hydrogen-bond donors (Lipinski definition) is 0. The molecule has 0 fully saturated rings. The van der Waals surface area contributed by atoms with Gasteiger partial charge in [-0.25, -0.2) is 0 Å². The van der Waals surface area contributed by atoms with Crippen molar-refractivity contribution in [3.8, 4) is 6.07 Å². The topological polar surface area (TPSA) is 23.8 Å². The lowest BCUT2D eigenvalue weighted by Gasteiger charge is -1.99. The molecule has 0 bridgehead atoms. The highest BCUT2D eigenvalue weighted by Crippen LogP contribution is 2.21. The largest absolute Gasteiger partial charge is 0.198 e. The van der Waals surface area contributed by atoms with Crippen molar-refractivity contribution in [3.05, 3.63) is 21.9 Å².